The highest BCUT2D eigenvalue weighted by Crippen LogP contribution is 2.35. The third kappa shape index (κ3) is 2.46. The molecule has 126 valence electrons. The molecule has 1 amide bonds. The second-order valence-electron chi connectivity index (χ2n) is 6.90. The number of nitrogens with zero attached hydrogens (tertiary/aromatic N) is 4. The van der Waals surface area contributed by atoms with E-state index in [1.54, 1.807) is 6.26 Å². The van der Waals surface area contributed by atoms with Gasteiger partial charge in [0.05, 0.1) is 12.3 Å². The van der Waals surface area contributed by atoms with Crippen molar-refractivity contribution in [3.8, 4) is 0 Å². The molecule has 2 fully saturated rings. The molecule has 2 aliphatic rings. The Balaban J connectivity index is 1.52. The van der Waals surface area contributed by atoms with E-state index in [1.165, 1.54) is 0 Å². The van der Waals surface area contributed by atoms with Crippen LogP contribution in [0.1, 0.15) is 33.9 Å². The van der Waals surface area contributed by atoms with Gasteiger partial charge in [-0.15, -0.1) is 0 Å². The third-order valence-electron chi connectivity index (χ3n) is 5.12. The lowest BCUT2D eigenvalue weighted by molar-refractivity contribution is 0.0558. The first-order valence-corrected chi connectivity index (χ1v) is 8.45. The van der Waals surface area contributed by atoms with E-state index < -0.39 is 0 Å². The fourth-order valence-electron chi connectivity index (χ4n) is 3.78. The Labute approximate surface area is 141 Å². The first kappa shape index (κ1) is 15.2. The predicted octanol–water partition coefficient (Wildman–Crippen LogP) is 2.35. The summed E-state index contributed by atoms with van der Waals surface area (Å²) in [5.41, 5.74) is 2.86. The normalized spacial score (nSPS) is 23.0. The Hall–Kier alpha value is -2.37. The highest BCUT2D eigenvalue weighted by Gasteiger charge is 2.45. The maximum Gasteiger partial charge on any atom is 0.289 e. The Morgan fingerprint density at radius 2 is 1.96 bits per heavy atom. The van der Waals surface area contributed by atoms with Crippen LogP contribution in [-0.2, 0) is 0 Å². The summed E-state index contributed by atoms with van der Waals surface area (Å²) in [4.78, 5) is 26.0. The van der Waals surface area contributed by atoms with Crippen LogP contribution >= 0.6 is 0 Å². The number of hydrogen-bond donors (Lipinski definition) is 0. The number of anilines is 1. The molecule has 2 atom stereocenters. The third-order valence-corrected chi connectivity index (χ3v) is 5.12. The lowest BCUT2D eigenvalue weighted by atomic mass is 9.82. The smallest absolute Gasteiger partial charge is 0.289 e. The number of aryl methyl sites for hydroxylation is 3. The van der Waals surface area contributed by atoms with Crippen molar-refractivity contribution in [1.82, 2.24) is 14.9 Å². The van der Waals surface area contributed by atoms with Gasteiger partial charge < -0.3 is 14.2 Å². The van der Waals surface area contributed by atoms with E-state index in [-0.39, 0.29) is 5.91 Å². The average molecular weight is 326 g/mol. The highest BCUT2D eigenvalue weighted by molar-refractivity contribution is 5.93. The molecule has 24 heavy (non-hydrogen) atoms. The number of rotatable bonds is 2. The van der Waals surface area contributed by atoms with Gasteiger partial charge in [-0.1, -0.05) is 0 Å². The number of amides is 1. The van der Waals surface area contributed by atoms with Gasteiger partial charge in [0.25, 0.3) is 5.91 Å². The Morgan fingerprint density at radius 1 is 1.21 bits per heavy atom. The van der Waals surface area contributed by atoms with Crippen molar-refractivity contribution in [2.45, 2.75) is 33.2 Å². The monoisotopic (exact) mass is 326 g/mol. The van der Waals surface area contributed by atoms with Crippen molar-refractivity contribution in [3.63, 3.8) is 0 Å². The molecule has 2 aliphatic heterocycles. The molecule has 2 aromatic rings. The van der Waals surface area contributed by atoms with Crippen LogP contribution < -0.4 is 4.90 Å². The molecule has 0 bridgehead atoms. The summed E-state index contributed by atoms with van der Waals surface area (Å²) in [5, 5.41) is 0. The van der Waals surface area contributed by atoms with Gasteiger partial charge in [0.1, 0.15) is 0 Å². The lowest BCUT2D eigenvalue weighted by Gasteiger charge is -2.53. The molecule has 2 saturated heterocycles. The Bertz CT molecular complexity index is 765. The molecule has 0 saturated carbocycles. The van der Waals surface area contributed by atoms with Crippen molar-refractivity contribution < 1.29 is 9.21 Å². The van der Waals surface area contributed by atoms with Gasteiger partial charge in [0.2, 0.25) is 5.95 Å². The molecule has 4 rings (SSSR count). The number of likely N-dealkylation sites (tertiary alicyclic amines) is 1. The fourth-order valence-corrected chi connectivity index (χ4v) is 3.78. The first-order chi connectivity index (χ1) is 11.5. The summed E-state index contributed by atoms with van der Waals surface area (Å²) in [5.74, 6) is 1.86. The molecular formula is C18H22N4O2. The number of carbonyl (C=O) groups excluding carboxylic acids is 1. The molecule has 4 heterocycles. The number of piperidine rings is 1. The van der Waals surface area contributed by atoms with E-state index in [2.05, 4.69) is 14.9 Å². The van der Waals surface area contributed by atoms with Crippen LogP contribution in [0.25, 0.3) is 0 Å². The van der Waals surface area contributed by atoms with Gasteiger partial charge in [0.15, 0.2) is 5.76 Å². The number of fused-ring (bicyclic) bond motifs is 1. The zero-order valence-electron chi connectivity index (χ0n) is 14.3. The zero-order chi connectivity index (χ0) is 16.8. The van der Waals surface area contributed by atoms with Crippen molar-refractivity contribution in [2.24, 2.45) is 5.92 Å². The number of aromatic nitrogens is 2. The highest BCUT2D eigenvalue weighted by atomic mass is 16.3. The SMILES string of the molecule is Cc1cc(C)nc(N2CC3CCN(C(=O)c4occc4C)CC32)n1. The molecule has 0 N–H and O–H groups in total. The summed E-state index contributed by atoms with van der Waals surface area (Å²) in [6, 6.07) is 4.12. The van der Waals surface area contributed by atoms with Gasteiger partial charge in [-0.25, -0.2) is 9.97 Å². The molecule has 0 radical (unpaired) electrons. The zero-order valence-corrected chi connectivity index (χ0v) is 14.3. The van der Waals surface area contributed by atoms with E-state index in [0.717, 1.165) is 42.4 Å². The van der Waals surface area contributed by atoms with Crippen LogP contribution in [0.3, 0.4) is 0 Å². The Morgan fingerprint density at radius 3 is 2.62 bits per heavy atom. The lowest BCUT2D eigenvalue weighted by Crippen LogP contribution is -2.65. The maximum absolute atomic E-state index is 12.7. The number of furan rings is 1. The molecule has 2 unspecified atom stereocenters. The topological polar surface area (TPSA) is 62.5 Å². The van der Waals surface area contributed by atoms with E-state index in [0.29, 0.717) is 24.3 Å². The second kappa shape index (κ2) is 5.61. The molecular weight excluding hydrogens is 304 g/mol. The van der Waals surface area contributed by atoms with Crippen LogP contribution in [0.4, 0.5) is 5.95 Å². The van der Waals surface area contributed by atoms with Gasteiger partial charge in [0, 0.05) is 42.5 Å². The van der Waals surface area contributed by atoms with Crippen LogP contribution in [0.5, 0.6) is 0 Å². The molecule has 0 aromatic carbocycles. The first-order valence-electron chi connectivity index (χ1n) is 8.45. The minimum absolute atomic E-state index is 0.0101. The van der Waals surface area contributed by atoms with E-state index in [4.69, 9.17) is 4.42 Å². The van der Waals surface area contributed by atoms with Crippen molar-refractivity contribution in [2.75, 3.05) is 24.5 Å². The van der Waals surface area contributed by atoms with Gasteiger partial charge >= 0.3 is 0 Å². The van der Waals surface area contributed by atoms with Gasteiger partial charge in [-0.3, -0.25) is 4.79 Å². The largest absolute Gasteiger partial charge is 0.459 e. The van der Waals surface area contributed by atoms with Crippen LogP contribution in [-0.4, -0.2) is 46.5 Å². The standard InChI is InChI=1S/C18H22N4O2/c1-11-5-7-24-16(11)17(23)21-6-4-14-9-22(15(14)10-21)18-19-12(2)8-13(3)20-18/h5,7-8,14-15H,4,6,9-10H2,1-3H3. The van der Waals surface area contributed by atoms with Gasteiger partial charge in [-0.2, -0.15) is 0 Å². The van der Waals surface area contributed by atoms with Crippen LogP contribution in [0.2, 0.25) is 0 Å². The summed E-state index contributed by atoms with van der Waals surface area (Å²) in [6.07, 6.45) is 2.60. The summed E-state index contributed by atoms with van der Waals surface area (Å²) >= 11 is 0. The number of carbonyl (C=O) groups is 1. The minimum Gasteiger partial charge on any atom is -0.459 e. The predicted molar refractivity (Wildman–Crippen MR) is 90.1 cm³/mol. The minimum atomic E-state index is -0.0101. The van der Waals surface area contributed by atoms with E-state index >= 15 is 0 Å². The van der Waals surface area contributed by atoms with E-state index in [1.807, 2.05) is 37.8 Å². The Kier molecular flexibility index (Phi) is 3.55. The van der Waals surface area contributed by atoms with Crippen molar-refractivity contribution >= 4 is 11.9 Å². The summed E-state index contributed by atoms with van der Waals surface area (Å²) < 4.78 is 5.37. The molecule has 0 spiro atoms. The second-order valence-corrected chi connectivity index (χ2v) is 6.90. The van der Waals surface area contributed by atoms with Crippen molar-refractivity contribution in [1.29, 1.82) is 0 Å². The number of hydrogen-bond acceptors (Lipinski definition) is 5. The molecule has 6 heteroatoms. The average Bonchev–Trinajstić information content (AvgIpc) is 2.93. The van der Waals surface area contributed by atoms with Crippen molar-refractivity contribution in [3.05, 3.63) is 41.1 Å². The fraction of sp³-hybridized carbons (Fsp3) is 0.500. The van der Waals surface area contributed by atoms with Crippen LogP contribution in [0, 0.1) is 26.7 Å². The maximum atomic E-state index is 12.7. The molecule has 0 aliphatic carbocycles. The summed E-state index contributed by atoms with van der Waals surface area (Å²) in [7, 11) is 0. The van der Waals surface area contributed by atoms with E-state index in [9.17, 15) is 4.79 Å². The summed E-state index contributed by atoms with van der Waals surface area (Å²) in [6.45, 7) is 8.37. The van der Waals surface area contributed by atoms with Gasteiger partial charge in [-0.05, 0) is 39.3 Å². The molecule has 2 aromatic heterocycles. The molecule has 6 nitrogen and oxygen atoms in total. The quantitative estimate of drug-likeness (QED) is 0.848. The van der Waals surface area contributed by atoms with Crippen LogP contribution in [0.15, 0.2) is 22.8 Å².